The second-order valence-electron chi connectivity index (χ2n) is 11.5. The minimum Gasteiger partial charge on any atom is -0.353 e. The zero-order chi connectivity index (χ0) is 29.8. The molecule has 1 aromatic carbocycles. The van der Waals surface area contributed by atoms with Crippen molar-refractivity contribution in [2.45, 2.75) is 63.4 Å². The zero-order valence-corrected chi connectivity index (χ0v) is 24.9. The Hall–Kier alpha value is -2.76. The number of rotatable bonds is 8. The molecule has 42 heavy (non-hydrogen) atoms. The van der Waals surface area contributed by atoms with Crippen LogP contribution in [-0.2, 0) is 18.2 Å². The van der Waals surface area contributed by atoms with E-state index in [1.165, 1.54) is 6.20 Å². The summed E-state index contributed by atoms with van der Waals surface area (Å²) in [5, 5.41) is -0.00451. The van der Waals surface area contributed by atoms with Crippen LogP contribution in [0.1, 0.15) is 43.9 Å². The Morgan fingerprint density at radius 2 is 1.83 bits per heavy atom. The van der Waals surface area contributed by atoms with E-state index in [1.807, 2.05) is 4.90 Å². The van der Waals surface area contributed by atoms with Crippen molar-refractivity contribution in [2.24, 2.45) is 0 Å². The molecule has 0 amide bonds. The molecule has 0 radical (unpaired) electrons. The number of pyridine rings is 1. The minimum absolute atomic E-state index is 0.000213. The van der Waals surface area contributed by atoms with Gasteiger partial charge in [0.1, 0.15) is 5.82 Å². The Balaban J connectivity index is 1.53. The molecule has 3 aromatic rings. The lowest BCUT2D eigenvalue weighted by Gasteiger charge is -2.45. The smallest absolute Gasteiger partial charge is 0.352 e. The van der Waals surface area contributed by atoms with Gasteiger partial charge >= 0.3 is 5.38 Å². The summed E-state index contributed by atoms with van der Waals surface area (Å²) >= 11 is 5.84. The molecule has 6 rings (SSSR count). The maximum atomic E-state index is 15.5. The third-order valence-electron chi connectivity index (χ3n) is 8.93. The molecule has 1 aliphatic carbocycles. The van der Waals surface area contributed by atoms with Crippen LogP contribution < -0.4 is 15.1 Å². The number of piperazine rings is 1. The maximum absolute atomic E-state index is 15.5. The van der Waals surface area contributed by atoms with Crippen LogP contribution >= 0.6 is 11.6 Å². The number of nitrogens with zero attached hydrogens (tertiary/aromatic N) is 6. The molecule has 1 N–H and O–H groups in total. The van der Waals surface area contributed by atoms with Crippen molar-refractivity contribution in [3.05, 3.63) is 41.1 Å². The van der Waals surface area contributed by atoms with Crippen molar-refractivity contribution in [3.63, 3.8) is 0 Å². The number of hydrogen-bond donors (Lipinski definition) is 1. The third-order valence-corrected chi connectivity index (χ3v) is 9.12. The van der Waals surface area contributed by atoms with Gasteiger partial charge in [0.2, 0.25) is 5.95 Å². The Morgan fingerprint density at radius 3 is 2.52 bits per heavy atom. The monoisotopic (exact) mass is 605 g/mol. The van der Waals surface area contributed by atoms with Gasteiger partial charge in [0, 0.05) is 69.4 Å². The predicted molar refractivity (Wildman–Crippen MR) is 158 cm³/mol. The first kappa shape index (κ1) is 29.3. The summed E-state index contributed by atoms with van der Waals surface area (Å²) < 4.78 is 59.8. The number of halogens is 5. The Bertz CT molecular complexity index is 1470. The number of alkyl halides is 5. The van der Waals surface area contributed by atoms with Gasteiger partial charge < -0.3 is 15.1 Å². The first-order valence-electron chi connectivity index (χ1n) is 14.8. The van der Waals surface area contributed by atoms with Crippen molar-refractivity contribution < 1.29 is 17.6 Å². The number of hydrogen-bond acceptors (Lipinski definition) is 7. The lowest BCUT2D eigenvalue weighted by Crippen LogP contribution is -2.60. The van der Waals surface area contributed by atoms with Gasteiger partial charge in [-0.2, -0.15) is 13.8 Å². The van der Waals surface area contributed by atoms with E-state index in [9.17, 15) is 8.78 Å². The molecule has 2 saturated heterocycles. The molecule has 1 unspecified atom stereocenters. The number of nitrogens with one attached hydrogen (secondary N) is 1. The van der Waals surface area contributed by atoms with Crippen molar-refractivity contribution in [1.82, 2.24) is 25.2 Å². The van der Waals surface area contributed by atoms with Crippen LogP contribution in [0.5, 0.6) is 0 Å². The molecule has 3 aliphatic rings. The molecule has 0 spiro atoms. The first-order chi connectivity index (χ1) is 20.0. The van der Waals surface area contributed by atoms with Gasteiger partial charge in [0.15, 0.2) is 0 Å². The van der Waals surface area contributed by atoms with Crippen LogP contribution in [0.2, 0.25) is 0 Å². The van der Waals surface area contributed by atoms with E-state index < -0.39 is 29.7 Å². The van der Waals surface area contributed by atoms with Crippen LogP contribution in [0.4, 0.5) is 29.3 Å². The van der Waals surface area contributed by atoms with Crippen molar-refractivity contribution >= 4 is 34.3 Å². The lowest BCUT2D eigenvalue weighted by atomic mass is 9.96. The van der Waals surface area contributed by atoms with E-state index in [2.05, 4.69) is 40.9 Å². The summed E-state index contributed by atoms with van der Waals surface area (Å²) in [4.78, 5) is 20.6. The van der Waals surface area contributed by atoms with Gasteiger partial charge in [0.25, 0.3) is 5.92 Å². The molecule has 2 aromatic heterocycles. The van der Waals surface area contributed by atoms with Crippen LogP contribution in [0.25, 0.3) is 22.2 Å². The topological polar surface area (TPSA) is 60.4 Å². The average molecular weight is 606 g/mol. The molecule has 4 heterocycles. The minimum atomic E-state index is -3.86. The molecule has 7 nitrogen and oxygen atoms in total. The number of anilines is 2. The second kappa shape index (κ2) is 11.1. The summed E-state index contributed by atoms with van der Waals surface area (Å²) in [6, 6.07) is 5.33. The second-order valence-corrected chi connectivity index (χ2v) is 12.0. The summed E-state index contributed by atoms with van der Waals surface area (Å²) in [5.41, 5.74) is 0.301. The fourth-order valence-electron chi connectivity index (χ4n) is 6.63. The average Bonchev–Trinajstić information content (AvgIpc) is 3.26. The molecule has 12 heteroatoms. The summed E-state index contributed by atoms with van der Waals surface area (Å²) in [6.07, 6.45) is 1.43. The Kier molecular flexibility index (Phi) is 7.72. The van der Waals surface area contributed by atoms with Crippen LogP contribution in [0.15, 0.2) is 24.4 Å². The zero-order valence-electron chi connectivity index (χ0n) is 24.1. The van der Waals surface area contributed by atoms with Gasteiger partial charge in [0.05, 0.1) is 22.2 Å². The molecule has 226 valence electrons. The van der Waals surface area contributed by atoms with Gasteiger partial charge in [-0.1, -0.05) is 39.0 Å². The Morgan fingerprint density at radius 1 is 1.07 bits per heavy atom. The third kappa shape index (κ3) is 5.28. The normalized spacial score (nSPS) is 20.8. The fourth-order valence-corrected chi connectivity index (χ4v) is 6.81. The molecule has 1 atom stereocenters. The molecule has 0 saturated carbocycles. The van der Waals surface area contributed by atoms with Gasteiger partial charge in [-0.05, 0) is 42.2 Å². The quantitative estimate of drug-likeness (QED) is 0.271. The number of fused-ring (bicyclic) bond motifs is 2. The molecular formula is C30H36ClF4N7. The van der Waals surface area contributed by atoms with Crippen LogP contribution in [0.3, 0.4) is 0 Å². The fraction of sp³-hybridized carbons (Fsp3) is 0.567. The summed E-state index contributed by atoms with van der Waals surface area (Å²) in [5.74, 6) is -2.05. The van der Waals surface area contributed by atoms with Gasteiger partial charge in [-0.15, -0.1) is 0 Å². The first-order valence-corrected chi connectivity index (χ1v) is 15.1. The van der Waals surface area contributed by atoms with E-state index in [1.54, 1.807) is 18.2 Å². The number of likely N-dealkylation sites (N-methyl/N-ethyl adjacent to an activating group) is 1. The van der Waals surface area contributed by atoms with E-state index in [4.69, 9.17) is 21.6 Å². The van der Waals surface area contributed by atoms with Gasteiger partial charge in [-0.25, -0.2) is 13.8 Å². The molecular weight excluding hydrogens is 570 g/mol. The molecule has 2 fully saturated rings. The van der Waals surface area contributed by atoms with Gasteiger partial charge in [-0.3, -0.25) is 9.88 Å². The van der Waals surface area contributed by atoms with E-state index in [0.717, 1.165) is 26.1 Å². The summed E-state index contributed by atoms with van der Waals surface area (Å²) in [7, 11) is 0. The summed E-state index contributed by atoms with van der Waals surface area (Å²) in [6.45, 7) is 11.5. The number of benzene rings is 1. The van der Waals surface area contributed by atoms with E-state index in [0.29, 0.717) is 60.5 Å². The van der Waals surface area contributed by atoms with E-state index >= 15 is 8.78 Å². The molecule has 0 bridgehead atoms. The highest BCUT2D eigenvalue weighted by Gasteiger charge is 2.42. The van der Waals surface area contributed by atoms with Crippen molar-refractivity contribution in [3.8, 4) is 11.3 Å². The highest BCUT2D eigenvalue weighted by atomic mass is 35.5. The van der Waals surface area contributed by atoms with E-state index in [-0.39, 0.29) is 22.8 Å². The standard InChI is InChI=1S/C30H36ClF4N7/c1-4-19-15-41(11-10-36-19)27-23-14-37-25(21-9-7-8-18-12-29(32,33)13-22(18)21)24(30(31,34)35)26(23)38-28(39-27)42-16-20(17-42)40(5-2)6-3/h7-9,14,19-20,36H,4-6,10-13,15-17H2,1-3H3. The Labute approximate surface area is 248 Å². The SMILES string of the molecule is CCC1CN(c2nc(N3CC(N(CC)CC)C3)nc3c(C(F)(F)Cl)c(-c4cccc5c4CC(F)(F)C5)ncc23)CCN1. The lowest BCUT2D eigenvalue weighted by molar-refractivity contribution is 0.0131. The molecule has 2 aliphatic heterocycles. The largest absolute Gasteiger partial charge is 0.353 e. The highest BCUT2D eigenvalue weighted by molar-refractivity contribution is 6.23. The van der Waals surface area contributed by atoms with Crippen LogP contribution in [0, 0.1) is 0 Å². The highest BCUT2D eigenvalue weighted by Crippen LogP contribution is 2.47. The maximum Gasteiger partial charge on any atom is 0.352 e. The van der Waals surface area contributed by atoms with Crippen molar-refractivity contribution in [1.29, 1.82) is 0 Å². The van der Waals surface area contributed by atoms with Crippen LogP contribution in [-0.4, -0.2) is 83.7 Å². The van der Waals surface area contributed by atoms with Crippen molar-refractivity contribution in [2.75, 3.05) is 55.6 Å². The number of aromatic nitrogens is 3. The predicted octanol–water partition coefficient (Wildman–Crippen LogP) is 5.43.